The number of rotatable bonds is 3. The topological polar surface area (TPSA) is 73.5 Å². The van der Waals surface area contributed by atoms with E-state index in [1.165, 1.54) is 0 Å². The van der Waals surface area contributed by atoms with E-state index in [4.69, 9.17) is 0 Å². The maximum absolute atomic E-state index is 12.9. The van der Waals surface area contributed by atoms with Crippen molar-refractivity contribution >= 4 is 17.5 Å². The number of hydrogen-bond donors (Lipinski definition) is 3. The summed E-state index contributed by atoms with van der Waals surface area (Å²) < 4.78 is 0. The van der Waals surface area contributed by atoms with E-state index in [0.29, 0.717) is 19.0 Å². The number of hydrogen-bond acceptors (Lipinski definition) is 4. The summed E-state index contributed by atoms with van der Waals surface area (Å²) in [5.41, 5.74) is 3.50. The number of carbonyl (C=O) groups is 2. The first-order valence-electron chi connectivity index (χ1n) is 9.02. The predicted octanol–water partition coefficient (Wildman–Crippen LogP) is 1.60. The second-order valence-corrected chi connectivity index (χ2v) is 7.08. The third kappa shape index (κ3) is 3.02. The number of carbonyl (C=O) groups excluding carboxylic acids is 2. The van der Waals surface area contributed by atoms with E-state index >= 15 is 0 Å². The fourth-order valence-electron chi connectivity index (χ4n) is 3.99. The van der Waals surface area contributed by atoms with Gasteiger partial charge in [0, 0.05) is 35.1 Å². The monoisotopic (exact) mass is 340 g/mol. The van der Waals surface area contributed by atoms with Crippen LogP contribution in [0.5, 0.6) is 0 Å². The molecule has 2 amide bonds. The van der Waals surface area contributed by atoms with E-state index in [1.807, 2.05) is 18.2 Å². The average molecular weight is 340 g/mol. The van der Waals surface area contributed by atoms with Crippen molar-refractivity contribution in [2.24, 2.45) is 0 Å². The largest absolute Gasteiger partial charge is 0.382 e. The lowest BCUT2D eigenvalue weighted by atomic mass is 10.0. The molecule has 6 heteroatoms. The van der Waals surface area contributed by atoms with Crippen LogP contribution in [0.2, 0.25) is 0 Å². The van der Waals surface area contributed by atoms with Gasteiger partial charge in [-0.2, -0.15) is 0 Å². The number of amides is 2. The molecule has 0 aliphatic carbocycles. The third-order valence-corrected chi connectivity index (χ3v) is 5.39. The second-order valence-electron chi connectivity index (χ2n) is 7.08. The molecule has 6 nitrogen and oxygen atoms in total. The number of nitrogens with zero attached hydrogens (tertiary/aromatic N) is 1. The maximum atomic E-state index is 12.9. The Balaban J connectivity index is 1.55. The van der Waals surface area contributed by atoms with Gasteiger partial charge in [0.1, 0.15) is 6.04 Å². The van der Waals surface area contributed by atoms with E-state index in [1.54, 1.807) is 4.90 Å². The van der Waals surface area contributed by atoms with Crippen LogP contribution in [0, 0.1) is 0 Å². The first-order valence-corrected chi connectivity index (χ1v) is 9.02. The predicted molar refractivity (Wildman–Crippen MR) is 96.1 cm³/mol. The Labute approximate surface area is 147 Å². The van der Waals surface area contributed by atoms with Crippen molar-refractivity contribution in [3.05, 3.63) is 41.6 Å². The van der Waals surface area contributed by atoms with Gasteiger partial charge in [-0.25, -0.2) is 0 Å². The molecule has 3 aliphatic rings. The highest BCUT2D eigenvalue weighted by atomic mass is 16.2. The van der Waals surface area contributed by atoms with Crippen molar-refractivity contribution in [2.45, 2.75) is 44.3 Å². The molecule has 2 fully saturated rings. The van der Waals surface area contributed by atoms with Crippen molar-refractivity contribution < 1.29 is 9.59 Å². The standard InChI is InChI=1S/C19H24N4O2/c1-12-5-6-17(18(24)21-12)23-11-15-14(19(23)25)3-2-4-16(15)22-13-7-9-20-10-8-13/h2-4,13,17,20,22H,1,5-11H2,(H,21,24). The Kier molecular flexibility index (Phi) is 4.21. The molecule has 0 radical (unpaired) electrons. The molecule has 4 rings (SSSR count). The quantitative estimate of drug-likeness (QED) is 0.781. The molecule has 0 bridgehead atoms. The van der Waals surface area contributed by atoms with Gasteiger partial charge in [-0.15, -0.1) is 0 Å². The zero-order valence-corrected chi connectivity index (χ0v) is 14.3. The first kappa shape index (κ1) is 16.1. The summed E-state index contributed by atoms with van der Waals surface area (Å²) >= 11 is 0. The molecule has 0 spiro atoms. The molecular weight excluding hydrogens is 316 g/mol. The number of fused-ring (bicyclic) bond motifs is 1. The molecule has 1 atom stereocenters. The van der Waals surface area contributed by atoms with E-state index in [2.05, 4.69) is 22.5 Å². The van der Waals surface area contributed by atoms with Crippen molar-refractivity contribution in [3.63, 3.8) is 0 Å². The zero-order chi connectivity index (χ0) is 17.4. The van der Waals surface area contributed by atoms with Crippen LogP contribution < -0.4 is 16.0 Å². The van der Waals surface area contributed by atoms with Gasteiger partial charge in [-0.3, -0.25) is 9.59 Å². The summed E-state index contributed by atoms with van der Waals surface area (Å²) in [6, 6.07) is 5.85. The first-order chi connectivity index (χ1) is 12.1. The van der Waals surface area contributed by atoms with Crippen LogP contribution in [0.3, 0.4) is 0 Å². The highest BCUT2D eigenvalue weighted by molar-refractivity contribution is 6.02. The van der Waals surface area contributed by atoms with Crippen LogP contribution >= 0.6 is 0 Å². The molecule has 1 aromatic carbocycles. The van der Waals surface area contributed by atoms with E-state index in [0.717, 1.165) is 54.9 Å². The molecular formula is C19H24N4O2. The number of nitrogens with one attached hydrogen (secondary N) is 3. The molecule has 3 heterocycles. The Morgan fingerprint density at radius 3 is 2.72 bits per heavy atom. The highest BCUT2D eigenvalue weighted by Gasteiger charge is 2.39. The van der Waals surface area contributed by atoms with E-state index < -0.39 is 6.04 Å². The fraction of sp³-hybridized carbons (Fsp3) is 0.474. The Hall–Kier alpha value is -2.34. The SMILES string of the molecule is C=C1CCC(N2Cc3c(NC4CCNCC4)cccc3C2=O)C(=O)N1. The Morgan fingerprint density at radius 1 is 1.16 bits per heavy atom. The molecule has 0 saturated carbocycles. The summed E-state index contributed by atoms with van der Waals surface area (Å²) in [6.07, 6.45) is 3.51. The van der Waals surface area contributed by atoms with Gasteiger partial charge in [0.2, 0.25) is 5.91 Å². The van der Waals surface area contributed by atoms with Crippen LogP contribution in [0.1, 0.15) is 41.6 Å². The van der Waals surface area contributed by atoms with E-state index in [-0.39, 0.29) is 11.8 Å². The highest BCUT2D eigenvalue weighted by Crippen LogP contribution is 2.33. The Bertz CT molecular complexity index is 724. The summed E-state index contributed by atoms with van der Waals surface area (Å²) in [6.45, 7) is 6.34. The minimum Gasteiger partial charge on any atom is -0.382 e. The third-order valence-electron chi connectivity index (χ3n) is 5.39. The molecule has 25 heavy (non-hydrogen) atoms. The molecule has 132 valence electrons. The van der Waals surface area contributed by atoms with Crippen LogP contribution in [-0.4, -0.2) is 41.9 Å². The molecule has 1 unspecified atom stereocenters. The summed E-state index contributed by atoms with van der Waals surface area (Å²) in [4.78, 5) is 26.9. The van der Waals surface area contributed by atoms with Crippen molar-refractivity contribution in [1.82, 2.24) is 15.5 Å². The maximum Gasteiger partial charge on any atom is 0.255 e. The summed E-state index contributed by atoms with van der Waals surface area (Å²) in [5.74, 6) is -0.165. The molecule has 3 N–H and O–H groups in total. The van der Waals surface area contributed by atoms with Gasteiger partial charge in [0.15, 0.2) is 0 Å². The van der Waals surface area contributed by atoms with Gasteiger partial charge in [-0.05, 0) is 50.9 Å². The van der Waals surface area contributed by atoms with Crippen LogP contribution in [-0.2, 0) is 11.3 Å². The lowest BCUT2D eigenvalue weighted by Crippen LogP contribution is -2.49. The van der Waals surface area contributed by atoms with Crippen LogP contribution in [0.15, 0.2) is 30.5 Å². The van der Waals surface area contributed by atoms with Crippen molar-refractivity contribution in [1.29, 1.82) is 0 Å². The number of allylic oxidation sites excluding steroid dienone is 1. The molecule has 1 aromatic rings. The molecule has 0 aromatic heterocycles. The minimum atomic E-state index is -0.405. The average Bonchev–Trinajstić information content (AvgIpc) is 2.94. The van der Waals surface area contributed by atoms with Crippen molar-refractivity contribution in [3.8, 4) is 0 Å². The van der Waals surface area contributed by atoms with Gasteiger partial charge in [0.05, 0.1) is 0 Å². The number of piperidine rings is 2. The molecule has 3 aliphatic heterocycles. The summed E-state index contributed by atoms with van der Waals surface area (Å²) in [5, 5.41) is 9.76. The van der Waals surface area contributed by atoms with Gasteiger partial charge >= 0.3 is 0 Å². The number of anilines is 1. The van der Waals surface area contributed by atoms with Gasteiger partial charge in [-0.1, -0.05) is 12.6 Å². The lowest BCUT2D eigenvalue weighted by molar-refractivity contribution is -0.126. The van der Waals surface area contributed by atoms with Gasteiger partial charge < -0.3 is 20.9 Å². The van der Waals surface area contributed by atoms with E-state index in [9.17, 15) is 9.59 Å². The Morgan fingerprint density at radius 2 is 1.96 bits per heavy atom. The smallest absolute Gasteiger partial charge is 0.255 e. The van der Waals surface area contributed by atoms with Crippen LogP contribution in [0.25, 0.3) is 0 Å². The zero-order valence-electron chi connectivity index (χ0n) is 14.3. The van der Waals surface area contributed by atoms with Gasteiger partial charge in [0.25, 0.3) is 5.91 Å². The second kappa shape index (κ2) is 6.52. The minimum absolute atomic E-state index is 0.0448. The van der Waals surface area contributed by atoms with Crippen LogP contribution in [0.4, 0.5) is 5.69 Å². The lowest BCUT2D eigenvalue weighted by Gasteiger charge is -2.31. The normalized spacial score (nSPS) is 24.2. The fourth-order valence-corrected chi connectivity index (χ4v) is 3.99. The summed E-state index contributed by atoms with van der Waals surface area (Å²) in [7, 11) is 0. The van der Waals surface area contributed by atoms with Crippen molar-refractivity contribution in [2.75, 3.05) is 18.4 Å². The molecule has 2 saturated heterocycles. The number of benzene rings is 1.